The van der Waals surface area contributed by atoms with Crippen molar-refractivity contribution in [3.05, 3.63) is 76.0 Å². The topological polar surface area (TPSA) is 55.8 Å². The summed E-state index contributed by atoms with van der Waals surface area (Å²) in [4.78, 5) is 12.2. The predicted octanol–water partition coefficient (Wildman–Crippen LogP) is 8.44. The monoisotopic (exact) mass is 518 g/mol. The fourth-order valence-electron chi connectivity index (χ4n) is 4.98. The Kier molecular flexibility index (Phi) is 6.91. The van der Waals surface area contributed by atoms with Crippen LogP contribution in [0.4, 0.5) is 0 Å². The lowest BCUT2D eigenvalue weighted by molar-refractivity contribution is -0.136. The van der Waals surface area contributed by atoms with Crippen molar-refractivity contribution in [2.24, 2.45) is 5.41 Å². The van der Waals surface area contributed by atoms with Gasteiger partial charge in [0.1, 0.15) is 18.1 Å². The van der Waals surface area contributed by atoms with E-state index in [1.807, 2.05) is 24.3 Å². The van der Waals surface area contributed by atoms with Gasteiger partial charge in [-0.2, -0.15) is 0 Å². The maximum absolute atomic E-state index is 11.0. The average molecular weight is 519 g/mol. The Balaban J connectivity index is 1.53. The van der Waals surface area contributed by atoms with Gasteiger partial charge in [-0.15, -0.1) is 22.7 Å². The summed E-state index contributed by atoms with van der Waals surface area (Å²) in [5.41, 5.74) is 6.11. The number of thiophene rings is 2. The minimum absolute atomic E-state index is 0.0912. The summed E-state index contributed by atoms with van der Waals surface area (Å²) in [6, 6.07) is 14.2. The van der Waals surface area contributed by atoms with Crippen LogP contribution in [0.5, 0.6) is 11.5 Å². The third-order valence-electron chi connectivity index (χ3n) is 6.93. The number of aliphatic carboxylic acids is 1. The molecule has 1 N–H and O–H groups in total. The number of carboxylic acids is 1. The lowest BCUT2D eigenvalue weighted by Gasteiger charge is -2.25. The number of methoxy groups -OCH3 is 1. The summed E-state index contributed by atoms with van der Waals surface area (Å²) < 4.78 is 13.2. The first-order valence-electron chi connectivity index (χ1n) is 12.2. The van der Waals surface area contributed by atoms with Crippen molar-refractivity contribution in [1.82, 2.24) is 0 Å². The van der Waals surface area contributed by atoms with Gasteiger partial charge >= 0.3 is 5.97 Å². The zero-order valence-corrected chi connectivity index (χ0v) is 22.4. The van der Waals surface area contributed by atoms with E-state index in [0.717, 1.165) is 29.9 Å². The van der Waals surface area contributed by atoms with Crippen LogP contribution >= 0.6 is 22.7 Å². The molecule has 2 heterocycles. The maximum atomic E-state index is 11.0. The van der Waals surface area contributed by atoms with Gasteiger partial charge in [-0.05, 0) is 76.9 Å². The predicted molar refractivity (Wildman–Crippen MR) is 149 cm³/mol. The van der Waals surface area contributed by atoms with E-state index in [9.17, 15) is 4.79 Å². The largest absolute Gasteiger partial charge is 0.497 e. The number of carboxylic acid groups (broad SMARTS) is 1. The summed E-state index contributed by atoms with van der Waals surface area (Å²) in [6.45, 7) is 5.11. The summed E-state index contributed by atoms with van der Waals surface area (Å²) in [5, 5.41) is 14.6. The van der Waals surface area contributed by atoms with E-state index in [4.69, 9.17) is 14.6 Å². The van der Waals surface area contributed by atoms with Crippen molar-refractivity contribution < 1.29 is 19.4 Å². The number of ether oxygens (including phenoxy) is 2. The van der Waals surface area contributed by atoms with Crippen molar-refractivity contribution in [3.8, 4) is 21.9 Å². The highest BCUT2D eigenvalue weighted by Gasteiger charge is 2.32. The molecule has 1 aliphatic carbocycles. The van der Waals surface area contributed by atoms with Crippen LogP contribution in [0.2, 0.25) is 0 Å². The number of rotatable bonds is 9. The van der Waals surface area contributed by atoms with Crippen LogP contribution < -0.4 is 9.47 Å². The molecule has 2 aromatic heterocycles. The third kappa shape index (κ3) is 4.93. The van der Waals surface area contributed by atoms with Gasteiger partial charge in [0, 0.05) is 38.1 Å². The smallest absolute Gasteiger partial charge is 0.303 e. The minimum Gasteiger partial charge on any atom is -0.497 e. The zero-order chi connectivity index (χ0) is 25.3. The lowest BCUT2D eigenvalue weighted by Crippen LogP contribution is -2.11. The first kappa shape index (κ1) is 24.6. The first-order valence-corrected chi connectivity index (χ1v) is 13.9. The second-order valence-electron chi connectivity index (χ2n) is 9.84. The molecule has 0 fully saturated rings. The van der Waals surface area contributed by atoms with Crippen LogP contribution in [0.3, 0.4) is 0 Å². The molecule has 4 nitrogen and oxygen atoms in total. The second kappa shape index (κ2) is 10.1. The third-order valence-corrected chi connectivity index (χ3v) is 8.86. The van der Waals surface area contributed by atoms with Crippen LogP contribution in [0.1, 0.15) is 49.8 Å². The van der Waals surface area contributed by atoms with Crippen molar-refractivity contribution in [1.29, 1.82) is 0 Å². The summed E-state index contributed by atoms with van der Waals surface area (Å²) >= 11 is 3.50. The van der Waals surface area contributed by atoms with Crippen molar-refractivity contribution in [3.63, 3.8) is 0 Å². The van der Waals surface area contributed by atoms with Gasteiger partial charge in [0.05, 0.1) is 7.11 Å². The molecule has 2 aromatic carbocycles. The highest BCUT2D eigenvalue weighted by Crippen LogP contribution is 2.51. The molecule has 6 heteroatoms. The van der Waals surface area contributed by atoms with E-state index in [2.05, 4.69) is 48.9 Å². The molecule has 0 saturated heterocycles. The molecule has 5 rings (SSSR count). The van der Waals surface area contributed by atoms with E-state index >= 15 is 0 Å². The van der Waals surface area contributed by atoms with E-state index in [1.165, 1.54) is 37.2 Å². The Hall–Kier alpha value is -3.09. The standard InChI is InChI=1S/C30H30O4S2/c1-30(2)12-5-8-25(30)28-20(17-34-21-7-4-6-19(14-21)9-10-27(31)32)18-36-29(28)24-15-22(33-3)16-26-23(24)11-13-35-26/h4,6-8,11,13-16,18H,5,9-10,12,17H2,1-3H3,(H,31,32). The molecule has 1 aliphatic rings. The molecule has 36 heavy (non-hydrogen) atoms. The average Bonchev–Trinajstić information content (AvgIpc) is 3.58. The SMILES string of the molecule is COc1cc(-c2scc(COc3cccc(CCC(=O)O)c3)c2C2=CCCC2(C)C)c2ccsc2c1. The summed E-state index contributed by atoms with van der Waals surface area (Å²) in [5.74, 6) is 0.842. The van der Waals surface area contributed by atoms with E-state index in [1.54, 1.807) is 29.8 Å². The number of aryl methyl sites for hydroxylation is 1. The molecule has 0 unspecified atom stereocenters. The second-order valence-corrected chi connectivity index (χ2v) is 11.7. The first-order chi connectivity index (χ1) is 17.4. The Labute approximate surface area is 219 Å². The lowest BCUT2D eigenvalue weighted by atomic mass is 9.80. The molecule has 186 valence electrons. The molecule has 0 radical (unpaired) electrons. The van der Waals surface area contributed by atoms with Gasteiger partial charge in [-0.1, -0.05) is 32.1 Å². The number of hydrogen-bond donors (Lipinski definition) is 1. The van der Waals surface area contributed by atoms with Crippen molar-refractivity contribution >= 4 is 44.3 Å². The normalized spacial score (nSPS) is 14.7. The molecular weight excluding hydrogens is 488 g/mol. The Bertz CT molecular complexity index is 1440. The quantitative estimate of drug-likeness (QED) is 0.242. The number of fused-ring (bicyclic) bond motifs is 1. The van der Waals surface area contributed by atoms with Gasteiger partial charge < -0.3 is 14.6 Å². The van der Waals surface area contributed by atoms with Crippen LogP contribution in [0.25, 0.3) is 26.1 Å². The van der Waals surface area contributed by atoms with Gasteiger partial charge in [0.15, 0.2) is 0 Å². The number of hydrogen-bond acceptors (Lipinski definition) is 5. The molecule has 0 amide bonds. The zero-order valence-electron chi connectivity index (χ0n) is 20.8. The molecular formula is C30H30O4S2. The van der Waals surface area contributed by atoms with Crippen LogP contribution in [-0.4, -0.2) is 18.2 Å². The molecule has 0 spiro atoms. The van der Waals surface area contributed by atoms with Gasteiger partial charge in [0.2, 0.25) is 0 Å². The van der Waals surface area contributed by atoms with Crippen molar-refractivity contribution in [2.75, 3.05) is 7.11 Å². The minimum atomic E-state index is -0.790. The number of benzene rings is 2. The fourth-order valence-corrected chi connectivity index (χ4v) is 6.92. The molecule has 0 saturated carbocycles. The molecule has 0 bridgehead atoms. The van der Waals surface area contributed by atoms with Crippen molar-refractivity contribution in [2.45, 2.75) is 46.1 Å². The Morgan fingerprint density at radius 1 is 1.11 bits per heavy atom. The highest BCUT2D eigenvalue weighted by atomic mass is 32.1. The van der Waals surface area contributed by atoms with Crippen LogP contribution in [0.15, 0.2) is 59.3 Å². The Morgan fingerprint density at radius 3 is 2.72 bits per heavy atom. The summed E-state index contributed by atoms with van der Waals surface area (Å²) in [7, 11) is 1.72. The number of carbonyl (C=O) groups is 1. The maximum Gasteiger partial charge on any atom is 0.303 e. The number of allylic oxidation sites excluding steroid dienone is 2. The Morgan fingerprint density at radius 2 is 1.97 bits per heavy atom. The molecule has 4 aromatic rings. The molecule has 0 aliphatic heterocycles. The fraction of sp³-hybridized carbons (Fsp3) is 0.300. The molecule has 0 atom stereocenters. The van der Waals surface area contributed by atoms with E-state index < -0.39 is 5.97 Å². The van der Waals surface area contributed by atoms with E-state index in [0.29, 0.717) is 13.0 Å². The van der Waals surface area contributed by atoms with Crippen LogP contribution in [0, 0.1) is 5.41 Å². The van der Waals surface area contributed by atoms with Crippen LogP contribution in [-0.2, 0) is 17.8 Å². The van der Waals surface area contributed by atoms with E-state index in [-0.39, 0.29) is 11.8 Å². The summed E-state index contributed by atoms with van der Waals surface area (Å²) in [6.07, 6.45) is 5.22. The van der Waals surface area contributed by atoms with Gasteiger partial charge in [-0.25, -0.2) is 0 Å². The van der Waals surface area contributed by atoms with Gasteiger partial charge in [-0.3, -0.25) is 4.79 Å². The van der Waals surface area contributed by atoms with Gasteiger partial charge in [0.25, 0.3) is 0 Å². The highest BCUT2D eigenvalue weighted by molar-refractivity contribution is 7.17.